The molecule has 2 rings (SSSR count). The van der Waals surface area contributed by atoms with Crippen molar-refractivity contribution in [2.24, 2.45) is 5.73 Å². The molecule has 1 saturated heterocycles. The number of benzene rings is 1. The normalized spacial score (nSPS) is 20.2. The summed E-state index contributed by atoms with van der Waals surface area (Å²) in [4.78, 5) is 2.33. The molecule has 0 saturated carbocycles. The molecule has 0 amide bonds. The standard InChI is InChI=1S/C14H21N3O2/c1-10-8-17(5-6-19-10)9-12-7-11(14(15)16)3-4-13(12)18-2/h3-4,7,10H,5-6,8-9H2,1-2H3,(H3,15,16). The van der Waals surface area contributed by atoms with Crippen LogP contribution in [0.15, 0.2) is 18.2 Å². The van der Waals surface area contributed by atoms with Crippen molar-refractivity contribution in [2.45, 2.75) is 19.6 Å². The van der Waals surface area contributed by atoms with E-state index in [2.05, 4.69) is 11.8 Å². The van der Waals surface area contributed by atoms with Crippen LogP contribution < -0.4 is 10.5 Å². The molecule has 1 atom stereocenters. The first-order valence-corrected chi connectivity index (χ1v) is 6.45. The minimum atomic E-state index is 0.0826. The summed E-state index contributed by atoms with van der Waals surface area (Å²) in [6, 6.07) is 5.61. The Labute approximate surface area is 113 Å². The number of methoxy groups -OCH3 is 1. The van der Waals surface area contributed by atoms with Crippen molar-refractivity contribution in [1.82, 2.24) is 4.90 Å². The topological polar surface area (TPSA) is 71.6 Å². The molecule has 1 aromatic carbocycles. The number of ether oxygens (including phenoxy) is 2. The Balaban J connectivity index is 2.17. The number of nitrogens with zero attached hydrogens (tertiary/aromatic N) is 1. The van der Waals surface area contributed by atoms with Gasteiger partial charge in [-0.3, -0.25) is 10.3 Å². The van der Waals surface area contributed by atoms with Crippen LogP contribution in [0.5, 0.6) is 5.75 Å². The van der Waals surface area contributed by atoms with Crippen molar-refractivity contribution >= 4 is 5.84 Å². The molecule has 19 heavy (non-hydrogen) atoms. The molecule has 0 spiro atoms. The van der Waals surface area contributed by atoms with E-state index in [1.54, 1.807) is 7.11 Å². The average molecular weight is 263 g/mol. The van der Waals surface area contributed by atoms with Gasteiger partial charge in [-0.05, 0) is 25.1 Å². The van der Waals surface area contributed by atoms with E-state index in [4.69, 9.17) is 20.6 Å². The number of rotatable bonds is 4. The summed E-state index contributed by atoms with van der Waals surface area (Å²) in [6.45, 7) is 5.45. The van der Waals surface area contributed by atoms with Crippen molar-refractivity contribution < 1.29 is 9.47 Å². The lowest BCUT2D eigenvalue weighted by Gasteiger charge is -2.31. The van der Waals surface area contributed by atoms with Crippen molar-refractivity contribution in [3.63, 3.8) is 0 Å². The molecular weight excluding hydrogens is 242 g/mol. The highest BCUT2D eigenvalue weighted by atomic mass is 16.5. The van der Waals surface area contributed by atoms with Crippen molar-refractivity contribution in [2.75, 3.05) is 26.8 Å². The lowest BCUT2D eigenvalue weighted by molar-refractivity contribution is -0.0213. The molecule has 0 aliphatic carbocycles. The minimum Gasteiger partial charge on any atom is -0.496 e. The van der Waals surface area contributed by atoms with E-state index < -0.39 is 0 Å². The molecule has 1 fully saturated rings. The zero-order valence-electron chi connectivity index (χ0n) is 11.5. The van der Waals surface area contributed by atoms with Gasteiger partial charge in [0.15, 0.2) is 0 Å². The maximum atomic E-state index is 7.51. The van der Waals surface area contributed by atoms with Gasteiger partial charge in [-0.1, -0.05) is 0 Å². The lowest BCUT2D eigenvalue weighted by Crippen LogP contribution is -2.40. The predicted molar refractivity (Wildman–Crippen MR) is 74.7 cm³/mol. The van der Waals surface area contributed by atoms with Crippen LogP contribution in [-0.4, -0.2) is 43.6 Å². The van der Waals surface area contributed by atoms with Crippen LogP contribution >= 0.6 is 0 Å². The van der Waals surface area contributed by atoms with Crippen molar-refractivity contribution in [1.29, 1.82) is 5.41 Å². The van der Waals surface area contributed by atoms with Crippen LogP contribution in [0.2, 0.25) is 0 Å². The van der Waals surface area contributed by atoms with E-state index in [9.17, 15) is 0 Å². The fourth-order valence-corrected chi connectivity index (χ4v) is 2.34. The molecule has 0 bridgehead atoms. The molecule has 5 heteroatoms. The quantitative estimate of drug-likeness (QED) is 0.632. The monoisotopic (exact) mass is 263 g/mol. The first kappa shape index (κ1) is 13.8. The van der Waals surface area contributed by atoms with Gasteiger partial charge < -0.3 is 15.2 Å². The van der Waals surface area contributed by atoms with Crippen LogP contribution in [0.3, 0.4) is 0 Å². The molecule has 1 aromatic rings. The zero-order chi connectivity index (χ0) is 13.8. The molecule has 1 heterocycles. The maximum Gasteiger partial charge on any atom is 0.123 e. The zero-order valence-corrected chi connectivity index (χ0v) is 11.5. The summed E-state index contributed by atoms with van der Waals surface area (Å²) in [7, 11) is 1.66. The molecule has 1 aliphatic heterocycles. The lowest BCUT2D eigenvalue weighted by atomic mass is 10.1. The third-order valence-electron chi connectivity index (χ3n) is 3.31. The number of hydrogen-bond donors (Lipinski definition) is 2. The molecule has 1 aliphatic rings. The molecule has 104 valence electrons. The Bertz CT molecular complexity index is 462. The smallest absolute Gasteiger partial charge is 0.123 e. The highest BCUT2D eigenvalue weighted by molar-refractivity contribution is 5.95. The second kappa shape index (κ2) is 6.04. The Hall–Kier alpha value is -1.59. The van der Waals surface area contributed by atoms with E-state index in [-0.39, 0.29) is 11.9 Å². The fourth-order valence-electron chi connectivity index (χ4n) is 2.34. The van der Waals surface area contributed by atoms with Gasteiger partial charge in [-0.25, -0.2) is 0 Å². The Morgan fingerprint density at radius 1 is 1.58 bits per heavy atom. The van der Waals surface area contributed by atoms with Crippen LogP contribution in [0.4, 0.5) is 0 Å². The van der Waals surface area contributed by atoms with E-state index in [0.717, 1.165) is 43.1 Å². The largest absolute Gasteiger partial charge is 0.496 e. The summed E-state index contributed by atoms with van der Waals surface area (Å²) >= 11 is 0. The summed E-state index contributed by atoms with van der Waals surface area (Å²) in [5.74, 6) is 0.920. The van der Waals surface area contributed by atoms with Gasteiger partial charge in [-0.2, -0.15) is 0 Å². The maximum absolute atomic E-state index is 7.51. The van der Waals surface area contributed by atoms with Crippen LogP contribution in [0, 0.1) is 5.41 Å². The Kier molecular flexibility index (Phi) is 4.39. The van der Waals surface area contributed by atoms with Crippen LogP contribution in [0.25, 0.3) is 0 Å². The number of nitrogen functional groups attached to an aromatic ring is 1. The number of nitrogens with one attached hydrogen (secondary N) is 1. The van der Waals surface area contributed by atoms with Gasteiger partial charge in [0.25, 0.3) is 0 Å². The molecule has 0 aromatic heterocycles. The number of nitrogens with two attached hydrogens (primary N) is 1. The van der Waals surface area contributed by atoms with Gasteiger partial charge in [-0.15, -0.1) is 0 Å². The van der Waals surface area contributed by atoms with Gasteiger partial charge >= 0.3 is 0 Å². The summed E-state index contributed by atoms with van der Waals surface area (Å²) in [5.41, 5.74) is 7.33. The summed E-state index contributed by atoms with van der Waals surface area (Å²) in [5, 5.41) is 7.51. The fraction of sp³-hybridized carbons (Fsp3) is 0.500. The first-order valence-electron chi connectivity index (χ1n) is 6.45. The SMILES string of the molecule is COc1ccc(C(=N)N)cc1CN1CCOC(C)C1. The summed E-state index contributed by atoms with van der Waals surface area (Å²) < 4.78 is 10.9. The Morgan fingerprint density at radius 3 is 3.00 bits per heavy atom. The van der Waals surface area contributed by atoms with Crippen molar-refractivity contribution in [3.8, 4) is 5.75 Å². The van der Waals surface area contributed by atoms with Crippen LogP contribution in [-0.2, 0) is 11.3 Å². The van der Waals surface area contributed by atoms with Gasteiger partial charge in [0.05, 0.1) is 19.8 Å². The average Bonchev–Trinajstić information content (AvgIpc) is 2.38. The number of hydrogen-bond acceptors (Lipinski definition) is 4. The molecule has 1 unspecified atom stereocenters. The number of morpholine rings is 1. The van der Waals surface area contributed by atoms with Gasteiger partial charge in [0.2, 0.25) is 0 Å². The molecular formula is C14H21N3O2. The van der Waals surface area contributed by atoms with E-state index >= 15 is 0 Å². The minimum absolute atomic E-state index is 0.0826. The highest BCUT2D eigenvalue weighted by Crippen LogP contribution is 2.22. The van der Waals surface area contributed by atoms with Crippen LogP contribution in [0.1, 0.15) is 18.1 Å². The van der Waals surface area contributed by atoms with E-state index in [1.807, 2.05) is 18.2 Å². The second-order valence-corrected chi connectivity index (χ2v) is 4.86. The first-order chi connectivity index (χ1) is 9.10. The molecule has 0 radical (unpaired) electrons. The van der Waals surface area contributed by atoms with Gasteiger partial charge in [0, 0.05) is 30.8 Å². The van der Waals surface area contributed by atoms with Gasteiger partial charge in [0.1, 0.15) is 11.6 Å². The highest BCUT2D eigenvalue weighted by Gasteiger charge is 2.18. The molecule has 3 N–H and O–H groups in total. The van der Waals surface area contributed by atoms with Crippen molar-refractivity contribution in [3.05, 3.63) is 29.3 Å². The third kappa shape index (κ3) is 3.45. The van der Waals surface area contributed by atoms with E-state index in [1.165, 1.54) is 0 Å². The second-order valence-electron chi connectivity index (χ2n) is 4.86. The third-order valence-corrected chi connectivity index (χ3v) is 3.31. The molecule has 5 nitrogen and oxygen atoms in total. The predicted octanol–water partition coefficient (Wildman–Crippen LogP) is 1.20. The summed E-state index contributed by atoms with van der Waals surface area (Å²) in [6.07, 6.45) is 0.260. The number of amidine groups is 1. The van der Waals surface area contributed by atoms with E-state index in [0.29, 0.717) is 0 Å². The Morgan fingerprint density at radius 2 is 2.37 bits per heavy atom.